The van der Waals surface area contributed by atoms with Crippen LogP contribution in [-0.4, -0.2) is 23.2 Å². The summed E-state index contributed by atoms with van der Waals surface area (Å²) in [6.45, 7) is 4.23. The monoisotopic (exact) mass is 255 g/mol. The van der Waals surface area contributed by atoms with Crippen LogP contribution < -0.4 is 5.32 Å². The Bertz CT molecular complexity index is 247. The number of aliphatic hydroxyl groups is 1. The van der Waals surface area contributed by atoms with Crippen molar-refractivity contribution in [3.05, 3.63) is 0 Å². The number of carbonyl (C=O) groups excluding carboxylic acids is 1. The van der Waals surface area contributed by atoms with Crippen molar-refractivity contribution in [2.24, 2.45) is 5.92 Å². The summed E-state index contributed by atoms with van der Waals surface area (Å²) in [6, 6.07) is 0. The van der Waals surface area contributed by atoms with Gasteiger partial charge in [-0.05, 0) is 32.6 Å². The molecule has 1 atom stereocenters. The van der Waals surface area contributed by atoms with Crippen molar-refractivity contribution in [1.29, 1.82) is 0 Å². The van der Waals surface area contributed by atoms with Crippen LogP contribution in [0, 0.1) is 5.92 Å². The number of amides is 1. The third kappa shape index (κ3) is 4.97. The van der Waals surface area contributed by atoms with Crippen LogP contribution in [0.5, 0.6) is 0 Å². The molecule has 1 unspecified atom stereocenters. The molecule has 0 aromatic heterocycles. The molecule has 0 heterocycles. The largest absolute Gasteiger partial charge is 0.396 e. The fourth-order valence-electron chi connectivity index (χ4n) is 2.69. The van der Waals surface area contributed by atoms with Gasteiger partial charge in [-0.25, -0.2) is 0 Å². The van der Waals surface area contributed by atoms with Gasteiger partial charge in [-0.1, -0.05) is 39.0 Å². The highest BCUT2D eigenvalue weighted by Gasteiger charge is 2.27. The Labute approximate surface area is 111 Å². The Balaban J connectivity index is 2.50. The molecule has 18 heavy (non-hydrogen) atoms. The molecule has 1 rings (SSSR count). The van der Waals surface area contributed by atoms with Gasteiger partial charge in [0.25, 0.3) is 0 Å². The van der Waals surface area contributed by atoms with Crippen molar-refractivity contribution in [2.75, 3.05) is 6.61 Å². The molecule has 0 spiro atoms. The molecule has 0 radical (unpaired) electrons. The van der Waals surface area contributed by atoms with Gasteiger partial charge >= 0.3 is 0 Å². The number of hydrogen-bond acceptors (Lipinski definition) is 2. The zero-order chi connectivity index (χ0) is 13.4. The molecule has 0 aromatic carbocycles. The van der Waals surface area contributed by atoms with E-state index in [1.54, 1.807) is 0 Å². The van der Waals surface area contributed by atoms with Gasteiger partial charge in [0.05, 0.1) is 0 Å². The molecule has 1 aliphatic rings. The van der Waals surface area contributed by atoms with Gasteiger partial charge in [0.1, 0.15) is 0 Å². The molecule has 0 saturated heterocycles. The van der Waals surface area contributed by atoms with Crippen molar-refractivity contribution in [2.45, 2.75) is 77.2 Å². The van der Waals surface area contributed by atoms with E-state index in [0.717, 1.165) is 19.3 Å². The fraction of sp³-hybridized carbons (Fsp3) is 0.933. The Kier molecular flexibility index (Phi) is 6.69. The third-order valence-electron chi connectivity index (χ3n) is 4.34. The van der Waals surface area contributed by atoms with Crippen LogP contribution >= 0.6 is 0 Å². The van der Waals surface area contributed by atoms with Crippen LogP contribution in [0.3, 0.4) is 0 Å². The van der Waals surface area contributed by atoms with Gasteiger partial charge in [-0.15, -0.1) is 0 Å². The van der Waals surface area contributed by atoms with Crippen molar-refractivity contribution >= 4 is 5.91 Å². The van der Waals surface area contributed by atoms with Crippen molar-refractivity contribution < 1.29 is 9.90 Å². The quantitative estimate of drug-likeness (QED) is 0.793. The summed E-state index contributed by atoms with van der Waals surface area (Å²) in [5.74, 6) is 0.393. The Morgan fingerprint density at radius 3 is 2.28 bits per heavy atom. The highest BCUT2D eigenvalue weighted by atomic mass is 16.3. The highest BCUT2D eigenvalue weighted by Crippen LogP contribution is 2.24. The maximum absolute atomic E-state index is 12.3. The van der Waals surface area contributed by atoms with E-state index in [4.69, 9.17) is 5.11 Å². The van der Waals surface area contributed by atoms with Gasteiger partial charge in [0, 0.05) is 18.1 Å². The molecule has 1 amide bonds. The molecular formula is C15H29NO2. The van der Waals surface area contributed by atoms with Crippen molar-refractivity contribution in [3.8, 4) is 0 Å². The molecule has 0 aromatic rings. The number of aliphatic hydroxyl groups excluding tert-OH is 1. The van der Waals surface area contributed by atoms with E-state index in [-0.39, 0.29) is 24.0 Å². The van der Waals surface area contributed by atoms with Crippen LogP contribution in [0.4, 0.5) is 0 Å². The molecule has 1 saturated carbocycles. The van der Waals surface area contributed by atoms with Gasteiger partial charge < -0.3 is 10.4 Å². The highest BCUT2D eigenvalue weighted by molar-refractivity contribution is 5.79. The molecule has 0 bridgehead atoms. The summed E-state index contributed by atoms with van der Waals surface area (Å²) in [5.41, 5.74) is -0.242. The Morgan fingerprint density at radius 2 is 1.78 bits per heavy atom. The predicted octanol–water partition coefficient (Wildman–Crippen LogP) is 3.01. The summed E-state index contributed by atoms with van der Waals surface area (Å²) in [6.07, 6.45) is 9.80. The lowest BCUT2D eigenvalue weighted by atomic mass is 9.88. The van der Waals surface area contributed by atoms with Crippen LogP contribution in [-0.2, 0) is 4.79 Å². The molecule has 3 heteroatoms. The van der Waals surface area contributed by atoms with E-state index in [1.807, 2.05) is 6.92 Å². The van der Waals surface area contributed by atoms with Crippen LogP contribution in [0.25, 0.3) is 0 Å². The first-order valence-corrected chi connectivity index (χ1v) is 7.54. The average Bonchev–Trinajstić information content (AvgIpc) is 2.28. The number of nitrogens with one attached hydrogen (secondary N) is 1. The molecule has 3 nitrogen and oxygen atoms in total. The smallest absolute Gasteiger partial charge is 0.223 e. The molecule has 1 fully saturated rings. The topological polar surface area (TPSA) is 49.3 Å². The molecule has 0 aliphatic heterocycles. The minimum absolute atomic E-state index is 0.134. The van der Waals surface area contributed by atoms with Crippen LogP contribution in [0.15, 0.2) is 0 Å². The summed E-state index contributed by atoms with van der Waals surface area (Å²) in [4.78, 5) is 12.3. The minimum Gasteiger partial charge on any atom is -0.396 e. The summed E-state index contributed by atoms with van der Waals surface area (Å²) in [7, 11) is 0. The lowest BCUT2D eigenvalue weighted by Crippen LogP contribution is -2.48. The van der Waals surface area contributed by atoms with Crippen molar-refractivity contribution in [3.63, 3.8) is 0 Å². The van der Waals surface area contributed by atoms with E-state index in [9.17, 15) is 4.79 Å². The van der Waals surface area contributed by atoms with E-state index in [0.29, 0.717) is 6.42 Å². The van der Waals surface area contributed by atoms with Gasteiger partial charge in [0.15, 0.2) is 0 Å². The normalized spacial score (nSPS) is 21.7. The maximum Gasteiger partial charge on any atom is 0.223 e. The lowest BCUT2D eigenvalue weighted by Gasteiger charge is -2.31. The second-order valence-electron chi connectivity index (χ2n) is 5.92. The van der Waals surface area contributed by atoms with E-state index in [1.165, 1.54) is 32.1 Å². The van der Waals surface area contributed by atoms with E-state index < -0.39 is 0 Å². The standard InChI is InChI=1S/C15H29NO2/c1-3-15(2,11-12-17)16-14(18)13-9-7-5-4-6-8-10-13/h13,17H,3-12H2,1-2H3,(H,16,18). The summed E-state index contributed by atoms with van der Waals surface area (Å²) < 4.78 is 0. The minimum atomic E-state index is -0.242. The van der Waals surface area contributed by atoms with Crippen molar-refractivity contribution in [1.82, 2.24) is 5.32 Å². The number of carbonyl (C=O) groups is 1. The van der Waals surface area contributed by atoms with Gasteiger partial charge in [-0.2, -0.15) is 0 Å². The summed E-state index contributed by atoms with van der Waals surface area (Å²) in [5, 5.41) is 12.3. The lowest BCUT2D eigenvalue weighted by molar-refractivity contribution is -0.127. The molecule has 106 valence electrons. The molecule has 2 N–H and O–H groups in total. The maximum atomic E-state index is 12.3. The van der Waals surface area contributed by atoms with Gasteiger partial charge in [0.2, 0.25) is 5.91 Å². The number of rotatable bonds is 5. The molecule has 1 aliphatic carbocycles. The SMILES string of the molecule is CCC(C)(CCO)NC(=O)C1CCCCCCC1. The second kappa shape index (κ2) is 7.78. The zero-order valence-corrected chi connectivity index (χ0v) is 12.0. The average molecular weight is 255 g/mol. The zero-order valence-electron chi connectivity index (χ0n) is 12.0. The molecular weight excluding hydrogens is 226 g/mol. The first-order chi connectivity index (χ1) is 8.61. The van der Waals surface area contributed by atoms with E-state index in [2.05, 4.69) is 12.2 Å². The Hall–Kier alpha value is -0.570. The first kappa shape index (κ1) is 15.5. The summed E-state index contributed by atoms with van der Waals surface area (Å²) >= 11 is 0. The van der Waals surface area contributed by atoms with Crippen LogP contribution in [0.2, 0.25) is 0 Å². The second-order valence-corrected chi connectivity index (χ2v) is 5.92. The van der Waals surface area contributed by atoms with Gasteiger partial charge in [-0.3, -0.25) is 4.79 Å². The predicted molar refractivity (Wildman–Crippen MR) is 74.4 cm³/mol. The Morgan fingerprint density at radius 1 is 1.22 bits per heavy atom. The first-order valence-electron chi connectivity index (χ1n) is 7.54. The third-order valence-corrected chi connectivity index (χ3v) is 4.34. The number of hydrogen-bond donors (Lipinski definition) is 2. The fourth-order valence-corrected chi connectivity index (χ4v) is 2.69. The van der Waals surface area contributed by atoms with Crippen LogP contribution in [0.1, 0.15) is 71.6 Å². The van der Waals surface area contributed by atoms with E-state index >= 15 is 0 Å².